The third-order valence-electron chi connectivity index (χ3n) is 3.72. The maximum absolute atomic E-state index is 12.4. The van der Waals surface area contributed by atoms with Crippen LogP contribution in [-0.4, -0.2) is 30.2 Å². The van der Waals surface area contributed by atoms with E-state index in [1.807, 2.05) is 19.1 Å². The average Bonchev–Trinajstić information content (AvgIpc) is 3.15. The van der Waals surface area contributed by atoms with Gasteiger partial charge in [0.05, 0.1) is 12.9 Å². The molecule has 0 bridgehead atoms. The smallest absolute Gasteiger partial charge is 0.291 e. The topological polar surface area (TPSA) is 80.6 Å². The van der Waals surface area contributed by atoms with Crippen molar-refractivity contribution in [3.63, 3.8) is 0 Å². The SMILES string of the molecule is CC(Cc1ccco1)NC(=O)c1cccc(NC(=O)C2=CSCCO2)c1. The fourth-order valence-corrected chi connectivity index (χ4v) is 3.13. The molecule has 2 aromatic rings. The minimum atomic E-state index is -0.319. The second kappa shape index (κ2) is 8.62. The Morgan fingerprint density at radius 1 is 1.23 bits per heavy atom. The molecule has 3 rings (SSSR count). The number of ether oxygens (including phenoxy) is 1. The first-order valence-corrected chi connectivity index (χ1v) is 9.36. The Morgan fingerprint density at radius 3 is 2.85 bits per heavy atom. The summed E-state index contributed by atoms with van der Waals surface area (Å²) in [4.78, 5) is 24.6. The summed E-state index contributed by atoms with van der Waals surface area (Å²) in [5.41, 5.74) is 1.02. The van der Waals surface area contributed by atoms with Crippen molar-refractivity contribution in [2.45, 2.75) is 19.4 Å². The number of carbonyl (C=O) groups is 2. The van der Waals surface area contributed by atoms with E-state index >= 15 is 0 Å². The third kappa shape index (κ3) is 4.92. The van der Waals surface area contributed by atoms with E-state index in [9.17, 15) is 9.59 Å². The van der Waals surface area contributed by atoms with Gasteiger partial charge in [-0.1, -0.05) is 6.07 Å². The summed E-state index contributed by atoms with van der Waals surface area (Å²) in [6, 6.07) is 10.4. The summed E-state index contributed by atoms with van der Waals surface area (Å²) >= 11 is 1.54. The van der Waals surface area contributed by atoms with Gasteiger partial charge in [0.25, 0.3) is 11.8 Å². The molecule has 0 fully saturated rings. The molecular formula is C19H20N2O4S. The van der Waals surface area contributed by atoms with E-state index in [-0.39, 0.29) is 17.9 Å². The van der Waals surface area contributed by atoms with Crippen molar-refractivity contribution in [3.8, 4) is 0 Å². The Kier molecular flexibility index (Phi) is 6.01. The molecule has 2 amide bonds. The van der Waals surface area contributed by atoms with Crippen molar-refractivity contribution in [1.29, 1.82) is 0 Å². The second-order valence-corrected chi connectivity index (χ2v) is 6.87. The highest BCUT2D eigenvalue weighted by Crippen LogP contribution is 2.18. The highest BCUT2D eigenvalue weighted by atomic mass is 32.2. The molecule has 2 heterocycles. The number of hydrogen-bond donors (Lipinski definition) is 2. The average molecular weight is 372 g/mol. The van der Waals surface area contributed by atoms with Gasteiger partial charge in [-0.05, 0) is 37.3 Å². The zero-order valence-corrected chi connectivity index (χ0v) is 15.2. The lowest BCUT2D eigenvalue weighted by Crippen LogP contribution is -2.34. The standard InChI is InChI=1S/C19H20N2O4S/c1-13(10-16-6-3-7-24-16)20-18(22)14-4-2-5-15(11-14)21-19(23)17-12-26-9-8-25-17/h2-7,11-13H,8-10H2,1H3,(H,20,22)(H,21,23). The predicted molar refractivity (Wildman–Crippen MR) is 101 cm³/mol. The van der Waals surface area contributed by atoms with Crippen LogP contribution in [0.2, 0.25) is 0 Å². The van der Waals surface area contributed by atoms with Crippen LogP contribution in [0.1, 0.15) is 23.0 Å². The Bertz CT molecular complexity index is 802. The monoisotopic (exact) mass is 372 g/mol. The minimum Gasteiger partial charge on any atom is -0.487 e. The number of hydrogen-bond acceptors (Lipinski definition) is 5. The quantitative estimate of drug-likeness (QED) is 0.814. The molecule has 0 spiro atoms. The molecule has 1 aliphatic heterocycles. The lowest BCUT2D eigenvalue weighted by atomic mass is 10.1. The van der Waals surface area contributed by atoms with Crippen LogP contribution < -0.4 is 10.6 Å². The molecule has 1 aromatic heterocycles. The van der Waals surface area contributed by atoms with Gasteiger partial charge in [0, 0.05) is 34.9 Å². The molecule has 0 saturated heterocycles. The molecule has 1 aromatic carbocycles. The van der Waals surface area contributed by atoms with Crippen LogP contribution in [0.4, 0.5) is 5.69 Å². The van der Waals surface area contributed by atoms with E-state index in [4.69, 9.17) is 9.15 Å². The lowest BCUT2D eigenvalue weighted by Gasteiger charge is -2.15. The normalized spacial score (nSPS) is 14.7. The largest absolute Gasteiger partial charge is 0.487 e. The van der Waals surface area contributed by atoms with Gasteiger partial charge < -0.3 is 19.8 Å². The van der Waals surface area contributed by atoms with E-state index < -0.39 is 0 Å². The van der Waals surface area contributed by atoms with Crippen molar-refractivity contribution >= 4 is 29.3 Å². The van der Waals surface area contributed by atoms with E-state index in [0.717, 1.165) is 11.5 Å². The number of nitrogens with one attached hydrogen (secondary N) is 2. The van der Waals surface area contributed by atoms with E-state index in [0.29, 0.717) is 30.0 Å². The zero-order valence-electron chi connectivity index (χ0n) is 14.4. The van der Waals surface area contributed by atoms with Crippen LogP contribution >= 0.6 is 11.8 Å². The van der Waals surface area contributed by atoms with Crippen LogP contribution in [0.25, 0.3) is 0 Å². The first-order valence-electron chi connectivity index (χ1n) is 8.31. The molecule has 0 aliphatic carbocycles. The number of carbonyl (C=O) groups excluding carboxylic acids is 2. The van der Waals surface area contributed by atoms with Crippen LogP contribution in [0, 0.1) is 0 Å². The molecule has 26 heavy (non-hydrogen) atoms. The maximum Gasteiger partial charge on any atom is 0.291 e. The van der Waals surface area contributed by atoms with Crippen LogP contribution in [0.5, 0.6) is 0 Å². The summed E-state index contributed by atoms with van der Waals surface area (Å²) in [6.07, 6.45) is 2.22. The Morgan fingerprint density at radius 2 is 2.12 bits per heavy atom. The summed E-state index contributed by atoms with van der Waals surface area (Å²) in [7, 11) is 0. The fourth-order valence-electron chi connectivity index (χ4n) is 2.51. The Hall–Kier alpha value is -2.67. The van der Waals surface area contributed by atoms with Gasteiger partial charge in [-0.15, -0.1) is 11.8 Å². The third-order valence-corrected chi connectivity index (χ3v) is 4.50. The van der Waals surface area contributed by atoms with Gasteiger partial charge in [-0.3, -0.25) is 9.59 Å². The highest BCUT2D eigenvalue weighted by Gasteiger charge is 2.16. The number of anilines is 1. The number of amides is 2. The number of thioether (sulfide) groups is 1. The van der Waals surface area contributed by atoms with E-state index in [1.165, 1.54) is 11.8 Å². The molecule has 0 radical (unpaired) electrons. The zero-order chi connectivity index (χ0) is 18.4. The van der Waals surface area contributed by atoms with Crippen molar-refractivity contribution in [3.05, 3.63) is 65.2 Å². The Balaban J connectivity index is 1.60. The predicted octanol–water partition coefficient (Wildman–Crippen LogP) is 3.18. The molecule has 7 heteroatoms. The van der Waals surface area contributed by atoms with Gasteiger partial charge in [-0.2, -0.15) is 0 Å². The molecule has 6 nitrogen and oxygen atoms in total. The van der Waals surface area contributed by atoms with Crippen LogP contribution in [0.15, 0.2) is 58.2 Å². The number of furan rings is 1. The molecule has 136 valence electrons. The molecule has 2 N–H and O–H groups in total. The Labute approximate surface area is 156 Å². The van der Waals surface area contributed by atoms with Gasteiger partial charge in [0.15, 0.2) is 5.76 Å². The van der Waals surface area contributed by atoms with Crippen LogP contribution in [-0.2, 0) is 16.0 Å². The van der Waals surface area contributed by atoms with Gasteiger partial charge in [0.1, 0.15) is 5.76 Å². The first kappa shape index (κ1) is 18.1. The van der Waals surface area contributed by atoms with E-state index in [2.05, 4.69) is 10.6 Å². The number of benzene rings is 1. The summed E-state index contributed by atoms with van der Waals surface area (Å²) < 4.78 is 10.6. The number of rotatable bonds is 6. The summed E-state index contributed by atoms with van der Waals surface area (Å²) in [5, 5.41) is 7.38. The molecule has 1 unspecified atom stereocenters. The maximum atomic E-state index is 12.4. The second-order valence-electron chi connectivity index (χ2n) is 5.89. The fraction of sp³-hybridized carbons (Fsp3) is 0.263. The van der Waals surface area contributed by atoms with Gasteiger partial charge in [0.2, 0.25) is 0 Å². The molecular weight excluding hydrogens is 352 g/mol. The molecule has 1 atom stereocenters. The van der Waals surface area contributed by atoms with Gasteiger partial charge in [-0.25, -0.2) is 0 Å². The summed E-state index contributed by atoms with van der Waals surface area (Å²) in [5.74, 6) is 1.42. The van der Waals surface area contributed by atoms with Crippen LogP contribution in [0.3, 0.4) is 0 Å². The van der Waals surface area contributed by atoms with E-state index in [1.54, 1.807) is 35.9 Å². The first-order chi connectivity index (χ1) is 12.6. The summed E-state index contributed by atoms with van der Waals surface area (Å²) in [6.45, 7) is 2.43. The van der Waals surface area contributed by atoms with Crippen molar-refractivity contribution in [2.75, 3.05) is 17.7 Å². The van der Waals surface area contributed by atoms with Crippen molar-refractivity contribution < 1.29 is 18.7 Å². The minimum absolute atomic E-state index is 0.0790. The van der Waals surface area contributed by atoms with Gasteiger partial charge >= 0.3 is 0 Å². The highest BCUT2D eigenvalue weighted by molar-refractivity contribution is 8.02. The van der Waals surface area contributed by atoms with Crippen molar-refractivity contribution in [1.82, 2.24) is 5.32 Å². The molecule has 0 saturated carbocycles. The van der Waals surface area contributed by atoms with Crippen molar-refractivity contribution in [2.24, 2.45) is 0 Å². The lowest BCUT2D eigenvalue weighted by molar-refractivity contribution is -0.116. The molecule has 1 aliphatic rings.